The van der Waals surface area contributed by atoms with Gasteiger partial charge in [-0.05, 0) is 37.7 Å². The van der Waals surface area contributed by atoms with Crippen molar-refractivity contribution in [1.82, 2.24) is 25.5 Å². The third-order valence-electron chi connectivity index (χ3n) is 6.24. The maximum atomic E-state index is 13.0. The van der Waals surface area contributed by atoms with Crippen LogP contribution < -0.4 is 10.6 Å². The van der Waals surface area contributed by atoms with Crippen LogP contribution in [0.5, 0.6) is 0 Å². The molecular formula is C22H25Cl2N5O4S2. The van der Waals surface area contributed by atoms with E-state index < -0.39 is 27.8 Å². The maximum absolute atomic E-state index is 13.0. The second-order valence-corrected chi connectivity index (χ2v) is 12.6. The summed E-state index contributed by atoms with van der Waals surface area (Å²) in [5, 5.41) is 7.41. The van der Waals surface area contributed by atoms with Crippen molar-refractivity contribution in [1.29, 1.82) is 0 Å². The zero-order chi connectivity index (χ0) is 24.0. The Bertz CT molecular complexity index is 1390. The van der Waals surface area contributed by atoms with Gasteiger partial charge in [0, 0.05) is 40.3 Å². The predicted molar refractivity (Wildman–Crippen MR) is 138 cm³/mol. The number of aromatic nitrogens is 2. The van der Waals surface area contributed by atoms with Crippen LogP contribution in [0.15, 0.2) is 24.3 Å². The van der Waals surface area contributed by atoms with Gasteiger partial charge >= 0.3 is 0 Å². The monoisotopic (exact) mass is 557 g/mol. The predicted octanol–water partition coefficient (Wildman–Crippen LogP) is 2.40. The van der Waals surface area contributed by atoms with E-state index in [2.05, 4.69) is 25.5 Å². The van der Waals surface area contributed by atoms with Gasteiger partial charge in [-0.25, -0.2) is 13.4 Å². The summed E-state index contributed by atoms with van der Waals surface area (Å²) in [6, 6.07) is 5.69. The fourth-order valence-corrected chi connectivity index (χ4v) is 7.33. The molecule has 0 spiro atoms. The van der Waals surface area contributed by atoms with Gasteiger partial charge in [0.2, 0.25) is 0 Å². The minimum absolute atomic E-state index is 0. The molecule has 1 fully saturated rings. The molecule has 0 unspecified atom stereocenters. The summed E-state index contributed by atoms with van der Waals surface area (Å²) in [6.07, 6.45) is 0.992. The number of nitrogens with one attached hydrogen (secondary N) is 3. The molecule has 2 amide bonds. The molecule has 9 nitrogen and oxygen atoms in total. The van der Waals surface area contributed by atoms with Crippen molar-refractivity contribution in [3.8, 4) is 0 Å². The highest BCUT2D eigenvalue weighted by Gasteiger charge is 2.36. The van der Waals surface area contributed by atoms with E-state index in [0.29, 0.717) is 15.7 Å². The Balaban J connectivity index is 0.00000289. The van der Waals surface area contributed by atoms with E-state index in [9.17, 15) is 18.0 Å². The lowest BCUT2D eigenvalue weighted by molar-refractivity contribution is 0.0882. The molecule has 2 aromatic heterocycles. The highest BCUT2D eigenvalue weighted by Crippen LogP contribution is 2.25. The van der Waals surface area contributed by atoms with E-state index >= 15 is 0 Å². The van der Waals surface area contributed by atoms with Crippen molar-refractivity contribution in [2.45, 2.75) is 31.5 Å². The molecule has 0 radical (unpaired) electrons. The number of hydrogen-bond acceptors (Lipinski definition) is 7. The summed E-state index contributed by atoms with van der Waals surface area (Å²) in [7, 11) is -1.32. The number of nitrogens with zero attached hydrogens (tertiary/aromatic N) is 2. The molecule has 1 aromatic carbocycles. The van der Waals surface area contributed by atoms with E-state index in [1.54, 1.807) is 24.3 Å². The first kappa shape index (κ1) is 25.9. The number of carbonyl (C=O) groups is 2. The zero-order valence-electron chi connectivity index (χ0n) is 18.8. The summed E-state index contributed by atoms with van der Waals surface area (Å²) in [4.78, 5) is 36.7. The summed E-state index contributed by atoms with van der Waals surface area (Å²) in [5.41, 5.74) is 2.03. The zero-order valence-corrected chi connectivity index (χ0v) is 22.0. The van der Waals surface area contributed by atoms with Crippen LogP contribution in [0.3, 0.4) is 0 Å². The Labute approximate surface area is 218 Å². The average Bonchev–Trinajstić information content (AvgIpc) is 3.38. The summed E-state index contributed by atoms with van der Waals surface area (Å²) >= 11 is 7.36. The van der Waals surface area contributed by atoms with Gasteiger partial charge in [0.1, 0.15) is 5.69 Å². The second kappa shape index (κ2) is 10.1. The lowest BCUT2D eigenvalue weighted by Gasteiger charge is -2.32. The number of carbonyl (C=O) groups excluding carboxylic acids is 2. The third-order valence-corrected chi connectivity index (χ3v) is 9.28. The molecule has 2 aliphatic rings. The largest absolute Gasteiger partial charge is 0.351 e. The molecule has 3 aromatic rings. The minimum Gasteiger partial charge on any atom is -0.351 e. The molecule has 13 heteroatoms. The molecule has 0 aliphatic carbocycles. The van der Waals surface area contributed by atoms with Crippen LogP contribution in [0.1, 0.15) is 37.3 Å². The molecule has 188 valence electrons. The first-order valence-electron chi connectivity index (χ1n) is 10.9. The third kappa shape index (κ3) is 5.64. The summed E-state index contributed by atoms with van der Waals surface area (Å²) in [6.45, 7) is 1.62. The van der Waals surface area contributed by atoms with Gasteiger partial charge in [0.25, 0.3) is 11.8 Å². The Morgan fingerprint density at radius 2 is 1.97 bits per heavy atom. The highest BCUT2D eigenvalue weighted by atomic mass is 35.5. The standard InChI is InChI=1S/C22H24ClN5O4S2.ClH/c1-28-6-4-16-19(10-28)33-22(27-16)21(30)26-18-11-34(31,32)7-5-15(18)25-20(29)17-9-12-8-13(23)2-3-14(12)24-17;/h2-3,8-9,15,18,24H,4-7,10-11H2,1H3,(H,25,29)(H,26,30);1H/t15-,18+;/m1./s1. The number of thiazole rings is 1. The number of sulfone groups is 1. The van der Waals surface area contributed by atoms with Crippen LogP contribution in [0.2, 0.25) is 5.02 Å². The van der Waals surface area contributed by atoms with Crippen molar-refractivity contribution in [3.63, 3.8) is 0 Å². The number of fused-ring (bicyclic) bond motifs is 2. The van der Waals surface area contributed by atoms with Crippen LogP contribution in [-0.2, 0) is 22.8 Å². The van der Waals surface area contributed by atoms with Gasteiger partial charge in [0.05, 0.1) is 29.3 Å². The number of amides is 2. The van der Waals surface area contributed by atoms with Gasteiger partial charge in [-0.2, -0.15) is 0 Å². The van der Waals surface area contributed by atoms with Crippen molar-refractivity contribution < 1.29 is 18.0 Å². The van der Waals surface area contributed by atoms with Gasteiger partial charge in [-0.1, -0.05) is 11.6 Å². The Morgan fingerprint density at radius 1 is 1.20 bits per heavy atom. The normalized spacial score (nSPS) is 21.7. The number of hydrogen-bond donors (Lipinski definition) is 3. The number of likely N-dealkylation sites (N-methyl/N-ethyl adjacent to an activating group) is 1. The van der Waals surface area contributed by atoms with Crippen LogP contribution in [-0.4, -0.2) is 72.3 Å². The first-order chi connectivity index (χ1) is 16.2. The lowest BCUT2D eigenvalue weighted by Crippen LogP contribution is -2.58. The number of H-pyrrole nitrogens is 1. The van der Waals surface area contributed by atoms with Crippen molar-refractivity contribution >= 4 is 67.9 Å². The molecule has 5 rings (SSSR count). The molecule has 35 heavy (non-hydrogen) atoms. The van der Waals surface area contributed by atoms with Crippen LogP contribution in [0.4, 0.5) is 0 Å². The van der Waals surface area contributed by atoms with Gasteiger partial charge < -0.3 is 20.5 Å². The average molecular weight is 559 g/mol. The molecule has 4 heterocycles. The van der Waals surface area contributed by atoms with Gasteiger partial charge in [-0.15, -0.1) is 23.7 Å². The molecule has 1 saturated heterocycles. The summed E-state index contributed by atoms with van der Waals surface area (Å²) < 4.78 is 24.6. The molecule has 2 atom stereocenters. The lowest BCUT2D eigenvalue weighted by atomic mass is 10.1. The fourth-order valence-electron chi connectivity index (χ4n) is 4.42. The van der Waals surface area contributed by atoms with Crippen LogP contribution in [0.25, 0.3) is 10.9 Å². The maximum Gasteiger partial charge on any atom is 0.280 e. The Hall–Kier alpha value is -2.18. The van der Waals surface area contributed by atoms with E-state index in [0.717, 1.165) is 41.0 Å². The van der Waals surface area contributed by atoms with Crippen molar-refractivity contribution in [2.75, 3.05) is 25.1 Å². The fraction of sp³-hybridized carbons (Fsp3) is 0.409. The topological polar surface area (TPSA) is 124 Å². The van der Waals surface area contributed by atoms with Crippen LogP contribution in [0, 0.1) is 0 Å². The molecule has 0 bridgehead atoms. The molecular weight excluding hydrogens is 533 g/mol. The number of rotatable bonds is 4. The van der Waals surface area contributed by atoms with E-state index in [-0.39, 0.29) is 36.2 Å². The van der Waals surface area contributed by atoms with Crippen molar-refractivity contribution in [2.24, 2.45) is 0 Å². The number of benzene rings is 1. The van der Waals surface area contributed by atoms with Gasteiger partial charge in [0.15, 0.2) is 14.8 Å². The Morgan fingerprint density at radius 3 is 2.77 bits per heavy atom. The number of aromatic amines is 1. The Kier molecular flexibility index (Phi) is 7.44. The van der Waals surface area contributed by atoms with E-state index in [4.69, 9.17) is 11.6 Å². The van der Waals surface area contributed by atoms with Crippen molar-refractivity contribution in [3.05, 3.63) is 50.6 Å². The molecule has 3 N–H and O–H groups in total. The first-order valence-corrected chi connectivity index (χ1v) is 14.0. The molecule has 0 saturated carbocycles. The smallest absolute Gasteiger partial charge is 0.280 e. The SMILES string of the molecule is CN1CCc2nc(C(=O)N[C@H]3CS(=O)(=O)CC[C@H]3NC(=O)c3cc4cc(Cl)ccc4[nH]3)sc2C1.Cl. The van der Waals surface area contributed by atoms with Crippen LogP contribution >= 0.6 is 35.3 Å². The quantitative estimate of drug-likeness (QED) is 0.452. The van der Waals surface area contributed by atoms with E-state index in [1.807, 2.05) is 7.05 Å². The molecule has 2 aliphatic heterocycles. The number of halogens is 2. The van der Waals surface area contributed by atoms with Gasteiger partial charge in [-0.3, -0.25) is 9.59 Å². The minimum atomic E-state index is -3.34. The van der Waals surface area contributed by atoms with E-state index in [1.165, 1.54) is 11.3 Å². The summed E-state index contributed by atoms with van der Waals surface area (Å²) in [5.74, 6) is -1.07. The second-order valence-electron chi connectivity index (χ2n) is 8.85. The highest BCUT2D eigenvalue weighted by molar-refractivity contribution is 7.91.